The van der Waals surface area contributed by atoms with E-state index in [-0.39, 0.29) is 5.54 Å². The van der Waals surface area contributed by atoms with Gasteiger partial charge in [0.15, 0.2) is 5.88 Å². The van der Waals surface area contributed by atoms with E-state index in [2.05, 4.69) is 88.1 Å². The van der Waals surface area contributed by atoms with Crippen LogP contribution in [0.25, 0.3) is 11.1 Å². The van der Waals surface area contributed by atoms with Gasteiger partial charge in [0.05, 0.1) is 5.54 Å². The molecule has 1 aliphatic rings. The van der Waals surface area contributed by atoms with Gasteiger partial charge in [0.1, 0.15) is 6.10 Å². The lowest BCUT2D eigenvalue weighted by Crippen LogP contribution is -2.38. The van der Waals surface area contributed by atoms with Crippen LogP contribution in [0.4, 0.5) is 0 Å². The Kier molecular flexibility index (Phi) is 9.47. The Bertz CT molecular complexity index is 847. The van der Waals surface area contributed by atoms with E-state index in [0.29, 0.717) is 17.9 Å². The molecule has 0 saturated heterocycles. The Balaban J connectivity index is 1.59. The third-order valence-corrected chi connectivity index (χ3v) is 7.21. The maximum atomic E-state index is 6.35. The zero-order chi connectivity index (χ0) is 23.7. The average molecular weight is 448 g/mol. The Hall–Kier alpha value is -2.22. The molecule has 0 amide bonds. The average Bonchev–Trinajstić information content (AvgIpc) is 2.81. The van der Waals surface area contributed by atoms with Crippen molar-refractivity contribution in [3.05, 3.63) is 72.1 Å². The minimum absolute atomic E-state index is 0.242. The summed E-state index contributed by atoms with van der Waals surface area (Å²) >= 11 is 0. The highest BCUT2D eigenvalue weighted by Crippen LogP contribution is 2.32. The molecule has 2 atom stereocenters. The highest BCUT2D eigenvalue weighted by atomic mass is 16.5. The summed E-state index contributed by atoms with van der Waals surface area (Å²) in [6.07, 6.45) is 12.9. The van der Waals surface area contributed by atoms with Crippen LogP contribution in [0.5, 0.6) is 0 Å². The van der Waals surface area contributed by atoms with Gasteiger partial charge in [-0.3, -0.25) is 0 Å². The Morgan fingerprint density at radius 3 is 2.18 bits per heavy atom. The molecular formula is C31H45NO. The molecule has 2 unspecified atom stereocenters. The molecule has 3 rings (SSSR count). The highest BCUT2D eigenvalue weighted by molar-refractivity contribution is 5.64. The van der Waals surface area contributed by atoms with Gasteiger partial charge in [-0.05, 0) is 87.1 Å². The first-order valence-electron chi connectivity index (χ1n) is 13.3. The van der Waals surface area contributed by atoms with Crippen LogP contribution in [-0.4, -0.2) is 6.10 Å². The van der Waals surface area contributed by atoms with Gasteiger partial charge < -0.3 is 10.1 Å². The smallest absolute Gasteiger partial charge is 0.180 e. The van der Waals surface area contributed by atoms with E-state index in [1.54, 1.807) is 0 Å². The predicted molar refractivity (Wildman–Crippen MR) is 142 cm³/mol. The largest absolute Gasteiger partial charge is 0.476 e. The summed E-state index contributed by atoms with van der Waals surface area (Å²) in [6, 6.07) is 18.0. The van der Waals surface area contributed by atoms with Gasteiger partial charge in [0.25, 0.3) is 0 Å². The minimum atomic E-state index is -0.242. The zero-order valence-electron chi connectivity index (χ0n) is 21.5. The van der Waals surface area contributed by atoms with E-state index in [9.17, 15) is 0 Å². The van der Waals surface area contributed by atoms with Crippen molar-refractivity contribution in [1.82, 2.24) is 5.32 Å². The van der Waals surface area contributed by atoms with Gasteiger partial charge in [-0.15, -0.1) is 0 Å². The van der Waals surface area contributed by atoms with Crippen molar-refractivity contribution >= 4 is 0 Å². The third-order valence-electron chi connectivity index (χ3n) is 7.21. The molecule has 180 valence electrons. The second-order valence-corrected chi connectivity index (χ2v) is 10.4. The van der Waals surface area contributed by atoms with E-state index < -0.39 is 0 Å². The fourth-order valence-corrected chi connectivity index (χ4v) is 5.19. The summed E-state index contributed by atoms with van der Waals surface area (Å²) < 4.78 is 6.35. The van der Waals surface area contributed by atoms with Gasteiger partial charge in [0.2, 0.25) is 0 Å². The second-order valence-electron chi connectivity index (χ2n) is 10.4. The number of nitrogens with one attached hydrogen (secondary N) is 1. The molecule has 2 heteroatoms. The predicted octanol–water partition coefficient (Wildman–Crippen LogP) is 8.76. The maximum Gasteiger partial charge on any atom is 0.180 e. The van der Waals surface area contributed by atoms with Gasteiger partial charge in [-0.25, -0.2) is 0 Å². The van der Waals surface area contributed by atoms with E-state index in [4.69, 9.17) is 4.74 Å². The van der Waals surface area contributed by atoms with Crippen LogP contribution in [0.2, 0.25) is 0 Å². The summed E-state index contributed by atoms with van der Waals surface area (Å²) in [5.74, 6) is 1.37. The standard InChI is InChI=1S/C31H45NO/c1-6-8-9-13-25-16-18-26(19-17-25)27-20-22-29(23-21-27)31(4,5)32-24(3)33-30-15-11-10-14-28(30)12-7-2/h16-23,28,30,32H,3,6-15H2,1-2,4-5H3. The Morgan fingerprint density at radius 1 is 0.909 bits per heavy atom. The SMILES string of the molecule is C=C(NC(C)(C)c1ccc(-c2ccc(CCCCC)cc2)cc1)OC1CCCCC1CCC. The van der Waals surface area contributed by atoms with Crippen molar-refractivity contribution in [2.45, 2.75) is 104 Å². The normalized spacial score (nSPS) is 18.7. The third kappa shape index (κ3) is 7.39. The monoisotopic (exact) mass is 447 g/mol. The summed E-state index contributed by atoms with van der Waals surface area (Å²) in [7, 11) is 0. The summed E-state index contributed by atoms with van der Waals surface area (Å²) in [6.45, 7) is 13.1. The van der Waals surface area contributed by atoms with Gasteiger partial charge >= 0.3 is 0 Å². The topological polar surface area (TPSA) is 21.3 Å². The van der Waals surface area contributed by atoms with Crippen molar-refractivity contribution in [3.8, 4) is 11.1 Å². The quantitative estimate of drug-likeness (QED) is 0.259. The fraction of sp³-hybridized carbons (Fsp3) is 0.548. The number of aryl methyl sites for hydroxylation is 1. The van der Waals surface area contributed by atoms with Crippen LogP contribution < -0.4 is 5.32 Å². The lowest BCUT2D eigenvalue weighted by atomic mass is 9.83. The van der Waals surface area contributed by atoms with Crippen molar-refractivity contribution in [1.29, 1.82) is 0 Å². The van der Waals surface area contributed by atoms with E-state index in [1.165, 1.54) is 80.0 Å². The number of hydrogen-bond donors (Lipinski definition) is 1. The van der Waals surface area contributed by atoms with E-state index in [0.717, 1.165) is 6.42 Å². The van der Waals surface area contributed by atoms with Crippen LogP contribution in [-0.2, 0) is 16.7 Å². The zero-order valence-corrected chi connectivity index (χ0v) is 21.5. The van der Waals surface area contributed by atoms with E-state index >= 15 is 0 Å². The molecule has 0 heterocycles. The molecule has 0 aromatic heterocycles. The van der Waals surface area contributed by atoms with Crippen molar-refractivity contribution in [2.75, 3.05) is 0 Å². The summed E-state index contributed by atoms with van der Waals surface area (Å²) in [5, 5.41) is 3.56. The number of benzene rings is 2. The summed E-state index contributed by atoms with van der Waals surface area (Å²) in [5.41, 5.74) is 4.97. The minimum Gasteiger partial charge on any atom is -0.476 e. The maximum absolute atomic E-state index is 6.35. The number of ether oxygens (including phenoxy) is 1. The first kappa shape index (κ1) is 25.4. The first-order chi connectivity index (χ1) is 15.9. The molecule has 2 nitrogen and oxygen atoms in total. The highest BCUT2D eigenvalue weighted by Gasteiger charge is 2.28. The van der Waals surface area contributed by atoms with Crippen LogP contribution in [0.1, 0.15) is 96.6 Å². The summed E-state index contributed by atoms with van der Waals surface area (Å²) in [4.78, 5) is 0. The molecule has 1 fully saturated rings. The molecular weight excluding hydrogens is 402 g/mol. The molecule has 1 N–H and O–H groups in total. The lowest BCUT2D eigenvalue weighted by Gasteiger charge is -2.35. The molecule has 33 heavy (non-hydrogen) atoms. The molecule has 0 bridgehead atoms. The Morgan fingerprint density at radius 2 is 1.55 bits per heavy atom. The van der Waals surface area contributed by atoms with Crippen molar-refractivity contribution < 1.29 is 4.74 Å². The Labute approximate surface area is 202 Å². The van der Waals surface area contributed by atoms with Crippen LogP contribution in [0, 0.1) is 5.92 Å². The molecule has 1 aliphatic carbocycles. The van der Waals surface area contributed by atoms with Gasteiger partial charge in [0, 0.05) is 0 Å². The number of hydrogen-bond acceptors (Lipinski definition) is 2. The van der Waals surface area contributed by atoms with Crippen LogP contribution in [0.3, 0.4) is 0 Å². The molecule has 2 aromatic carbocycles. The number of unbranched alkanes of at least 4 members (excludes halogenated alkanes) is 2. The molecule has 0 aliphatic heterocycles. The lowest BCUT2D eigenvalue weighted by molar-refractivity contribution is 0.0163. The van der Waals surface area contributed by atoms with Crippen LogP contribution in [0.15, 0.2) is 61.0 Å². The van der Waals surface area contributed by atoms with Gasteiger partial charge in [-0.2, -0.15) is 0 Å². The van der Waals surface area contributed by atoms with Gasteiger partial charge in [-0.1, -0.05) is 88.1 Å². The first-order valence-corrected chi connectivity index (χ1v) is 13.3. The van der Waals surface area contributed by atoms with Crippen molar-refractivity contribution in [3.63, 3.8) is 0 Å². The van der Waals surface area contributed by atoms with E-state index in [1.807, 2.05) is 0 Å². The molecule has 1 saturated carbocycles. The molecule has 2 aromatic rings. The second kappa shape index (κ2) is 12.3. The molecule has 0 spiro atoms. The van der Waals surface area contributed by atoms with Crippen LogP contribution >= 0.6 is 0 Å². The van der Waals surface area contributed by atoms with Crippen molar-refractivity contribution in [2.24, 2.45) is 5.92 Å². The fourth-order valence-electron chi connectivity index (χ4n) is 5.19. The molecule has 0 radical (unpaired) electrons. The number of rotatable bonds is 12.